The zero-order valence-electron chi connectivity index (χ0n) is 11.7. The third kappa shape index (κ3) is 5.16. The molecule has 0 aromatic heterocycles. The largest absolute Gasteiger partial charge is 0.457 e. The van der Waals surface area contributed by atoms with Crippen LogP contribution in [0.15, 0.2) is 59.6 Å². The van der Waals surface area contributed by atoms with Crippen LogP contribution in [0.5, 0.6) is 11.5 Å². The Morgan fingerprint density at radius 2 is 1.86 bits per heavy atom. The molecule has 5 heteroatoms. The predicted molar refractivity (Wildman–Crippen MR) is 84.8 cm³/mol. The third-order valence-electron chi connectivity index (χ3n) is 2.68. The van der Waals surface area contributed by atoms with Crippen molar-refractivity contribution in [2.45, 2.75) is 6.42 Å². The molecule has 2 rings (SSSR count). The summed E-state index contributed by atoms with van der Waals surface area (Å²) in [6, 6.07) is 17.0. The number of para-hydroxylation sites is 1. The first kappa shape index (κ1) is 14.9. The monoisotopic (exact) mass is 285 g/mol. The Morgan fingerprint density at radius 3 is 2.62 bits per heavy atom. The van der Waals surface area contributed by atoms with E-state index in [2.05, 4.69) is 10.3 Å². The molecular formula is C16H19N3O2. The van der Waals surface area contributed by atoms with Crippen molar-refractivity contribution >= 4 is 11.6 Å². The van der Waals surface area contributed by atoms with Gasteiger partial charge in [0.15, 0.2) is 5.96 Å². The predicted octanol–water partition coefficient (Wildman–Crippen LogP) is 2.59. The molecule has 0 heterocycles. The molecule has 0 amide bonds. The number of anilines is 1. The lowest BCUT2D eigenvalue weighted by Gasteiger charge is -2.09. The number of aliphatic imine (C=N–C) groups is 1. The quantitative estimate of drug-likeness (QED) is 0.433. The van der Waals surface area contributed by atoms with Crippen molar-refractivity contribution in [2.75, 3.05) is 18.5 Å². The maximum atomic E-state index is 8.70. The van der Waals surface area contributed by atoms with Crippen molar-refractivity contribution in [2.24, 2.45) is 10.7 Å². The van der Waals surface area contributed by atoms with Crippen LogP contribution in [0.2, 0.25) is 0 Å². The molecule has 0 atom stereocenters. The van der Waals surface area contributed by atoms with Gasteiger partial charge < -0.3 is 20.9 Å². The normalized spacial score (nSPS) is 11.2. The topological polar surface area (TPSA) is 79.9 Å². The van der Waals surface area contributed by atoms with Crippen LogP contribution in [0.4, 0.5) is 5.69 Å². The number of rotatable bonds is 6. The Balaban J connectivity index is 1.99. The Labute approximate surface area is 124 Å². The lowest BCUT2D eigenvalue weighted by Crippen LogP contribution is -2.22. The number of aliphatic hydroxyl groups excluding tert-OH is 1. The van der Waals surface area contributed by atoms with Gasteiger partial charge in [-0.15, -0.1) is 0 Å². The second kappa shape index (κ2) is 7.91. The van der Waals surface area contributed by atoms with Gasteiger partial charge in [-0.3, -0.25) is 4.99 Å². The zero-order valence-corrected chi connectivity index (χ0v) is 11.7. The number of aliphatic hydroxyl groups is 1. The maximum Gasteiger partial charge on any atom is 0.193 e. The molecule has 0 aliphatic rings. The smallest absolute Gasteiger partial charge is 0.193 e. The van der Waals surface area contributed by atoms with E-state index < -0.39 is 0 Å². The summed E-state index contributed by atoms with van der Waals surface area (Å²) in [4.78, 5) is 4.11. The van der Waals surface area contributed by atoms with E-state index in [-0.39, 0.29) is 6.61 Å². The number of benzene rings is 2. The molecule has 5 nitrogen and oxygen atoms in total. The number of nitrogens with one attached hydrogen (secondary N) is 1. The molecule has 0 aliphatic heterocycles. The highest BCUT2D eigenvalue weighted by Gasteiger charge is 2.00. The van der Waals surface area contributed by atoms with Gasteiger partial charge in [0, 0.05) is 24.9 Å². The molecule has 0 fully saturated rings. The van der Waals surface area contributed by atoms with Crippen LogP contribution in [0, 0.1) is 0 Å². The van der Waals surface area contributed by atoms with Gasteiger partial charge in [0.05, 0.1) is 0 Å². The van der Waals surface area contributed by atoms with E-state index in [1.807, 2.05) is 54.6 Å². The Morgan fingerprint density at radius 1 is 1.10 bits per heavy atom. The van der Waals surface area contributed by atoms with Crippen LogP contribution >= 0.6 is 0 Å². The van der Waals surface area contributed by atoms with E-state index in [9.17, 15) is 0 Å². The van der Waals surface area contributed by atoms with Gasteiger partial charge in [0.1, 0.15) is 11.5 Å². The summed E-state index contributed by atoms with van der Waals surface area (Å²) in [5, 5.41) is 11.7. The molecule has 110 valence electrons. The minimum atomic E-state index is 0.108. The number of ether oxygens (including phenoxy) is 1. The molecule has 0 unspecified atom stereocenters. The van der Waals surface area contributed by atoms with Gasteiger partial charge in [-0.05, 0) is 30.7 Å². The number of hydrogen-bond acceptors (Lipinski definition) is 3. The molecule has 0 spiro atoms. The average Bonchev–Trinajstić information content (AvgIpc) is 2.49. The fourth-order valence-corrected chi connectivity index (χ4v) is 1.72. The molecule has 4 N–H and O–H groups in total. The molecule has 0 saturated carbocycles. The molecule has 0 radical (unpaired) electrons. The number of guanidine groups is 1. The first-order valence-electron chi connectivity index (χ1n) is 6.79. The summed E-state index contributed by atoms with van der Waals surface area (Å²) in [5.41, 5.74) is 6.57. The third-order valence-corrected chi connectivity index (χ3v) is 2.68. The minimum absolute atomic E-state index is 0.108. The molecule has 21 heavy (non-hydrogen) atoms. The van der Waals surface area contributed by atoms with E-state index in [1.54, 1.807) is 0 Å². The van der Waals surface area contributed by atoms with E-state index in [0.717, 1.165) is 11.4 Å². The molecule has 2 aromatic carbocycles. The van der Waals surface area contributed by atoms with Gasteiger partial charge in [0.25, 0.3) is 0 Å². The highest BCUT2D eigenvalue weighted by atomic mass is 16.5. The van der Waals surface area contributed by atoms with Gasteiger partial charge in [0.2, 0.25) is 0 Å². The van der Waals surface area contributed by atoms with Crippen molar-refractivity contribution in [3.05, 3.63) is 54.6 Å². The Hall–Kier alpha value is -2.53. The maximum absolute atomic E-state index is 8.70. The fourth-order valence-electron chi connectivity index (χ4n) is 1.72. The lowest BCUT2D eigenvalue weighted by atomic mass is 10.3. The molecule has 0 aliphatic carbocycles. The van der Waals surface area contributed by atoms with Crippen molar-refractivity contribution in [1.29, 1.82) is 0 Å². The highest BCUT2D eigenvalue weighted by molar-refractivity contribution is 5.92. The second-order valence-corrected chi connectivity index (χ2v) is 4.41. The van der Waals surface area contributed by atoms with Gasteiger partial charge in [-0.1, -0.05) is 24.3 Å². The average molecular weight is 285 g/mol. The van der Waals surface area contributed by atoms with Crippen molar-refractivity contribution in [1.82, 2.24) is 0 Å². The molecule has 0 bridgehead atoms. The lowest BCUT2D eigenvalue weighted by molar-refractivity contribution is 0.291. The Kier molecular flexibility index (Phi) is 5.60. The van der Waals surface area contributed by atoms with E-state index >= 15 is 0 Å². The standard InChI is InChI=1S/C16H19N3O2/c17-16(18-10-5-11-20)19-13-6-4-9-15(12-13)21-14-7-2-1-3-8-14/h1-4,6-9,12,20H,5,10-11H2,(H3,17,18,19). The van der Waals surface area contributed by atoms with Crippen molar-refractivity contribution in [3.8, 4) is 11.5 Å². The van der Waals surface area contributed by atoms with E-state index in [1.165, 1.54) is 0 Å². The van der Waals surface area contributed by atoms with Gasteiger partial charge in [-0.25, -0.2) is 0 Å². The summed E-state index contributed by atoms with van der Waals surface area (Å²) in [6.45, 7) is 0.604. The number of hydrogen-bond donors (Lipinski definition) is 3. The first-order valence-corrected chi connectivity index (χ1v) is 6.79. The van der Waals surface area contributed by atoms with Crippen LogP contribution in [0.25, 0.3) is 0 Å². The minimum Gasteiger partial charge on any atom is -0.457 e. The van der Waals surface area contributed by atoms with E-state index in [4.69, 9.17) is 15.6 Å². The number of nitrogens with two attached hydrogens (primary N) is 1. The Bertz CT molecular complexity index is 585. The first-order chi connectivity index (χ1) is 10.3. The summed E-state index contributed by atoms with van der Waals surface area (Å²) in [6.07, 6.45) is 0.597. The van der Waals surface area contributed by atoms with Crippen LogP contribution < -0.4 is 15.8 Å². The molecular weight excluding hydrogens is 266 g/mol. The van der Waals surface area contributed by atoms with Crippen molar-refractivity contribution < 1.29 is 9.84 Å². The summed E-state index contributed by atoms with van der Waals surface area (Å²) >= 11 is 0. The summed E-state index contributed by atoms with van der Waals surface area (Å²) in [5.74, 6) is 1.81. The van der Waals surface area contributed by atoms with Crippen LogP contribution in [0.3, 0.4) is 0 Å². The number of nitrogens with zero attached hydrogens (tertiary/aromatic N) is 1. The highest BCUT2D eigenvalue weighted by Crippen LogP contribution is 2.23. The van der Waals surface area contributed by atoms with Crippen LogP contribution in [-0.2, 0) is 0 Å². The zero-order chi connectivity index (χ0) is 14.9. The molecule has 0 saturated heterocycles. The SMILES string of the molecule is NC(=NCCCO)Nc1cccc(Oc2ccccc2)c1. The summed E-state index contributed by atoms with van der Waals surface area (Å²) < 4.78 is 5.75. The van der Waals surface area contributed by atoms with E-state index in [0.29, 0.717) is 24.7 Å². The molecule has 2 aromatic rings. The van der Waals surface area contributed by atoms with Gasteiger partial charge in [-0.2, -0.15) is 0 Å². The summed E-state index contributed by atoms with van der Waals surface area (Å²) in [7, 11) is 0. The van der Waals surface area contributed by atoms with Crippen LogP contribution in [0.1, 0.15) is 6.42 Å². The second-order valence-electron chi connectivity index (χ2n) is 4.41. The van der Waals surface area contributed by atoms with Crippen LogP contribution in [-0.4, -0.2) is 24.2 Å². The fraction of sp³-hybridized carbons (Fsp3) is 0.188. The van der Waals surface area contributed by atoms with Crippen molar-refractivity contribution in [3.63, 3.8) is 0 Å². The van der Waals surface area contributed by atoms with Gasteiger partial charge >= 0.3 is 0 Å².